The van der Waals surface area contributed by atoms with E-state index >= 15 is 0 Å². The summed E-state index contributed by atoms with van der Waals surface area (Å²) in [5.74, 6) is -0.554. The minimum Gasteiger partial charge on any atom is -0.497 e. The first-order valence-corrected chi connectivity index (χ1v) is 10.6. The number of ether oxygens (including phenoxy) is 2. The second-order valence-electron chi connectivity index (χ2n) is 9.02. The summed E-state index contributed by atoms with van der Waals surface area (Å²) in [6.45, 7) is 9.38. The van der Waals surface area contributed by atoms with Gasteiger partial charge in [-0.15, -0.1) is 0 Å². The minimum absolute atomic E-state index is 0.0643. The molecular formula is C27H30O5. The molecule has 3 aromatic carbocycles. The summed E-state index contributed by atoms with van der Waals surface area (Å²) in [5, 5.41) is 11.4. The van der Waals surface area contributed by atoms with Gasteiger partial charge in [0, 0.05) is 11.0 Å². The summed E-state index contributed by atoms with van der Waals surface area (Å²) in [4.78, 5) is 24.5. The molecule has 0 aliphatic heterocycles. The normalized spacial score (nSPS) is 12.4. The third kappa shape index (κ3) is 4.93. The lowest BCUT2D eigenvalue weighted by Crippen LogP contribution is -2.25. The van der Waals surface area contributed by atoms with Gasteiger partial charge < -0.3 is 14.6 Å². The van der Waals surface area contributed by atoms with Gasteiger partial charge in [-0.3, -0.25) is 9.59 Å². The van der Waals surface area contributed by atoms with Gasteiger partial charge >= 0.3 is 11.9 Å². The Labute approximate surface area is 189 Å². The van der Waals surface area contributed by atoms with E-state index in [1.807, 2.05) is 83.1 Å². The van der Waals surface area contributed by atoms with E-state index in [-0.39, 0.29) is 12.4 Å². The zero-order valence-corrected chi connectivity index (χ0v) is 19.5. The topological polar surface area (TPSA) is 72.8 Å². The van der Waals surface area contributed by atoms with Gasteiger partial charge in [-0.25, -0.2) is 0 Å². The molecule has 1 atom stereocenters. The number of aryl methyl sites for hydroxylation is 2. The molecule has 0 spiro atoms. The number of carboxylic acids is 1. The maximum Gasteiger partial charge on any atom is 0.318 e. The average molecular weight is 435 g/mol. The van der Waals surface area contributed by atoms with Crippen LogP contribution in [-0.2, 0) is 15.0 Å². The summed E-state index contributed by atoms with van der Waals surface area (Å²) in [7, 11) is 1.63. The van der Waals surface area contributed by atoms with Crippen LogP contribution in [-0.4, -0.2) is 24.2 Å². The molecule has 0 saturated heterocycles. The van der Waals surface area contributed by atoms with Crippen LogP contribution in [0.25, 0.3) is 10.8 Å². The number of carbonyl (C=O) groups excluding carboxylic acids is 1. The summed E-state index contributed by atoms with van der Waals surface area (Å²) >= 11 is 0. The molecule has 0 heterocycles. The van der Waals surface area contributed by atoms with E-state index in [1.165, 1.54) is 0 Å². The molecule has 0 amide bonds. The molecule has 0 fully saturated rings. The lowest BCUT2D eigenvalue weighted by atomic mass is 9.78. The second-order valence-corrected chi connectivity index (χ2v) is 9.02. The fraction of sp³-hybridized carbons (Fsp3) is 0.333. The fourth-order valence-corrected chi connectivity index (χ4v) is 4.31. The molecule has 0 aliphatic rings. The third-order valence-electron chi connectivity index (χ3n) is 5.85. The minimum atomic E-state index is -0.895. The number of methoxy groups -OCH3 is 1. The number of aliphatic carboxylic acids is 1. The molecule has 1 N–H and O–H groups in total. The van der Waals surface area contributed by atoms with E-state index in [0.29, 0.717) is 5.75 Å². The van der Waals surface area contributed by atoms with Crippen molar-refractivity contribution in [2.24, 2.45) is 0 Å². The molecule has 3 aromatic rings. The number of carboxylic acid groups (broad SMARTS) is 1. The summed E-state index contributed by atoms with van der Waals surface area (Å²) < 4.78 is 11.2. The van der Waals surface area contributed by atoms with E-state index in [1.54, 1.807) is 7.11 Å². The highest BCUT2D eigenvalue weighted by Gasteiger charge is 2.31. The predicted molar refractivity (Wildman–Crippen MR) is 126 cm³/mol. The van der Waals surface area contributed by atoms with Crippen LogP contribution >= 0.6 is 0 Å². The molecule has 5 heteroatoms. The Morgan fingerprint density at radius 2 is 1.66 bits per heavy atom. The molecule has 3 rings (SSSR count). The van der Waals surface area contributed by atoms with Crippen molar-refractivity contribution in [2.45, 2.75) is 52.4 Å². The highest BCUT2D eigenvalue weighted by molar-refractivity contribution is 5.87. The summed E-state index contributed by atoms with van der Waals surface area (Å²) in [5.41, 5.74) is 2.77. The van der Waals surface area contributed by atoms with Crippen molar-refractivity contribution in [3.8, 4) is 11.5 Å². The number of hydrogen-bond acceptors (Lipinski definition) is 4. The second kappa shape index (κ2) is 9.03. The van der Waals surface area contributed by atoms with Crippen molar-refractivity contribution >= 4 is 22.7 Å². The molecule has 0 bridgehead atoms. The number of rotatable bonds is 7. The van der Waals surface area contributed by atoms with Gasteiger partial charge in [-0.1, -0.05) is 44.2 Å². The molecular weight excluding hydrogens is 404 g/mol. The first kappa shape index (κ1) is 23.3. The highest BCUT2D eigenvalue weighted by Crippen LogP contribution is 2.38. The first-order valence-electron chi connectivity index (χ1n) is 10.6. The van der Waals surface area contributed by atoms with Crippen LogP contribution < -0.4 is 9.47 Å². The summed E-state index contributed by atoms with van der Waals surface area (Å²) in [6, 6.07) is 15.5. The van der Waals surface area contributed by atoms with Gasteiger partial charge in [0.1, 0.15) is 11.5 Å². The van der Waals surface area contributed by atoms with Crippen molar-refractivity contribution in [1.82, 2.24) is 0 Å². The average Bonchev–Trinajstić information content (AvgIpc) is 2.70. The van der Waals surface area contributed by atoms with E-state index < -0.39 is 17.3 Å². The van der Waals surface area contributed by atoms with Crippen LogP contribution in [0.4, 0.5) is 0 Å². The Kier molecular flexibility index (Phi) is 6.58. The third-order valence-corrected chi connectivity index (χ3v) is 5.85. The fourth-order valence-electron chi connectivity index (χ4n) is 4.31. The van der Waals surface area contributed by atoms with Crippen LogP contribution in [0.1, 0.15) is 55.4 Å². The number of esters is 1. The largest absolute Gasteiger partial charge is 0.497 e. The van der Waals surface area contributed by atoms with Gasteiger partial charge in [-0.05, 0) is 66.4 Å². The Bertz CT molecular complexity index is 1180. The zero-order valence-electron chi connectivity index (χ0n) is 19.5. The lowest BCUT2D eigenvalue weighted by molar-refractivity contribution is -0.138. The van der Waals surface area contributed by atoms with Crippen LogP contribution in [0, 0.1) is 13.8 Å². The maximum atomic E-state index is 13.1. The van der Waals surface area contributed by atoms with E-state index in [0.717, 1.165) is 38.8 Å². The molecule has 0 saturated carbocycles. The van der Waals surface area contributed by atoms with Crippen molar-refractivity contribution in [3.63, 3.8) is 0 Å². The van der Waals surface area contributed by atoms with Crippen LogP contribution in [0.5, 0.6) is 11.5 Å². The summed E-state index contributed by atoms with van der Waals surface area (Å²) in [6.07, 6.45) is -0.0643. The standard InChI is InChI=1S/C27H30O5/c1-16-11-17(2)25(27(4,5)15-24(28)29)23(12-16)32-26(30)18(3)19-7-8-21-14-22(31-6)10-9-20(21)13-19/h7-14,18H,15H2,1-6H3,(H,28,29)/t18-/m0/s1. The number of carbonyl (C=O) groups is 2. The van der Waals surface area contributed by atoms with Gasteiger partial charge in [-0.2, -0.15) is 0 Å². The molecule has 0 aromatic heterocycles. The Hall–Kier alpha value is -3.34. The van der Waals surface area contributed by atoms with E-state index in [4.69, 9.17) is 9.47 Å². The van der Waals surface area contributed by atoms with Crippen LogP contribution in [0.3, 0.4) is 0 Å². The quantitative estimate of drug-likeness (QED) is 0.369. The number of fused-ring (bicyclic) bond motifs is 1. The first-order chi connectivity index (χ1) is 15.0. The molecule has 0 aliphatic carbocycles. The SMILES string of the molecule is COc1ccc2cc([C@H](C)C(=O)Oc3cc(C)cc(C)c3C(C)(C)CC(=O)O)ccc2c1. The van der Waals surface area contributed by atoms with Crippen LogP contribution in [0.2, 0.25) is 0 Å². The zero-order chi connectivity index (χ0) is 23.6. The van der Waals surface area contributed by atoms with Crippen molar-refractivity contribution in [3.05, 3.63) is 70.8 Å². The van der Waals surface area contributed by atoms with Gasteiger partial charge in [0.05, 0.1) is 19.4 Å². The molecule has 168 valence electrons. The predicted octanol–water partition coefficient (Wildman–Crippen LogP) is 5.93. The Morgan fingerprint density at radius 1 is 1.00 bits per heavy atom. The van der Waals surface area contributed by atoms with Gasteiger partial charge in [0.25, 0.3) is 0 Å². The number of hydrogen-bond donors (Lipinski definition) is 1. The Morgan fingerprint density at radius 3 is 2.31 bits per heavy atom. The highest BCUT2D eigenvalue weighted by atomic mass is 16.5. The van der Waals surface area contributed by atoms with Crippen LogP contribution in [0.15, 0.2) is 48.5 Å². The Balaban J connectivity index is 1.93. The number of benzene rings is 3. The van der Waals surface area contributed by atoms with E-state index in [2.05, 4.69) is 0 Å². The monoisotopic (exact) mass is 434 g/mol. The smallest absolute Gasteiger partial charge is 0.318 e. The molecule has 0 radical (unpaired) electrons. The molecule has 5 nitrogen and oxygen atoms in total. The van der Waals surface area contributed by atoms with Crippen molar-refractivity contribution in [2.75, 3.05) is 7.11 Å². The van der Waals surface area contributed by atoms with E-state index in [9.17, 15) is 14.7 Å². The van der Waals surface area contributed by atoms with Gasteiger partial charge in [0.15, 0.2) is 0 Å². The molecule has 0 unspecified atom stereocenters. The van der Waals surface area contributed by atoms with Gasteiger partial charge in [0.2, 0.25) is 0 Å². The molecule has 32 heavy (non-hydrogen) atoms. The lowest BCUT2D eigenvalue weighted by Gasteiger charge is -2.28. The van der Waals surface area contributed by atoms with Crippen molar-refractivity contribution in [1.29, 1.82) is 0 Å². The van der Waals surface area contributed by atoms with Crippen molar-refractivity contribution < 1.29 is 24.2 Å². The maximum absolute atomic E-state index is 13.1.